The molecule has 2 heterocycles. The fourth-order valence-electron chi connectivity index (χ4n) is 3.36. The van der Waals surface area contributed by atoms with E-state index in [0.29, 0.717) is 42.5 Å². The lowest BCUT2D eigenvalue weighted by molar-refractivity contribution is 0.271. The molecule has 0 atom stereocenters. The largest absolute Gasteiger partial charge is 0.339 e. The van der Waals surface area contributed by atoms with Crippen molar-refractivity contribution in [1.82, 2.24) is 14.4 Å². The summed E-state index contributed by atoms with van der Waals surface area (Å²) in [7, 11) is -3.47. The third-order valence-electron chi connectivity index (χ3n) is 5.02. The third-order valence-corrected chi connectivity index (χ3v) is 7.62. The molecule has 3 aromatic rings. The molecule has 0 amide bonds. The van der Waals surface area contributed by atoms with E-state index in [2.05, 4.69) is 26.1 Å². The molecule has 0 spiro atoms. The maximum absolute atomic E-state index is 12.8. The summed E-state index contributed by atoms with van der Waals surface area (Å²) in [6, 6.07) is 14.7. The van der Waals surface area contributed by atoms with Crippen molar-refractivity contribution in [3.05, 3.63) is 64.5 Å². The molecule has 1 aliphatic heterocycles. The smallest absolute Gasteiger partial charge is 0.243 e. The van der Waals surface area contributed by atoms with Gasteiger partial charge >= 0.3 is 0 Å². The Kier molecular flexibility index (Phi) is 5.35. The first-order chi connectivity index (χ1) is 13.4. The zero-order valence-electron chi connectivity index (χ0n) is 15.4. The van der Waals surface area contributed by atoms with Crippen molar-refractivity contribution in [2.45, 2.75) is 30.6 Å². The molecule has 4 rings (SSSR count). The van der Waals surface area contributed by atoms with Crippen LogP contribution in [0.25, 0.3) is 11.4 Å². The summed E-state index contributed by atoms with van der Waals surface area (Å²) in [5.41, 5.74) is 1.91. The Balaban J connectivity index is 1.46. The van der Waals surface area contributed by atoms with Crippen LogP contribution in [0, 0.1) is 6.92 Å². The van der Waals surface area contributed by atoms with E-state index in [-0.39, 0.29) is 5.92 Å². The standard InChI is InChI=1S/C20H20BrN3O3S/c1-14-6-8-16(9-7-14)28(25,26)24-12-10-15(11-13-24)20-22-19(23-27-20)17-4-2-3-5-18(17)21/h2-9,15H,10-13H2,1H3. The Labute approximate surface area is 172 Å². The molecule has 8 heteroatoms. The van der Waals surface area contributed by atoms with Crippen molar-refractivity contribution < 1.29 is 12.9 Å². The van der Waals surface area contributed by atoms with Crippen molar-refractivity contribution in [1.29, 1.82) is 0 Å². The van der Waals surface area contributed by atoms with Crippen LogP contribution in [0.1, 0.15) is 30.2 Å². The minimum Gasteiger partial charge on any atom is -0.339 e. The molecule has 146 valence electrons. The predicted molar refractivity (Wildman–Crippen MR) is 109 cm³/mol. The van der Waals surface area contributed by atoms with Crippen LogP contribution in [0.4, 0.5) is 0 Å². The second kappa shape index (κ2) is 7.77. The zero-order valence-corrected chi connectivity index (χ0v) is 17.8. The molecule has 0 bridgehead atoms. The Morgan fingerprint density at radius 2 is 1.75 bits per heavy atom. The molecule has 0 radical (unpaired) electrons. The lowest BCUT2D eigenvalue weighted by atomic mass is 9.98. The number of sulfonamides is 1. The van der Waals surface area contributed by atoms with Crippen molar-refractivity contribution in [2.75, 3.05) is 13.1 Å². The monoisotopic (exact) mass is 461 g/mol. The van der Waals surface area contributed by atoms with Crippen LogP contribution in [0.5, 0.6) is 0 Å². The molecule has 0 saturated carbocycles. The van der Waals surface area contributed by atoms with Gasteiger partial charge < -0.3 is 4.52 Å². The molecule has 0 unspecified atom stereocenters. The van der Waals surface area contributed by atoms with Gasteiger partial charge in [-0.1, -0.05) is 50.9 Å². The summed E-state index contributed by atoms with van der Waals surface area (Å²) >= 11 is 3.50. The first-order valence-electron chi connectivity index (χ1n) is 9.10. The van der Waals surface area contributed by atoms with Crippen LogP contribution in [0.3, 0.4) is 0 Å². The highest BCUT2D eigenvalue weighted by molar-refractivity contribution is 9.10. The highest BCUT2D eigenvalue weighted by Crippen LogP contribution is 2.32. The summed E-state index contributed by atoms with van der Waals surface area (Å²) in [6.07, 6.45) is 1.31. The molecule has 1 saturated heterocycles. The zero-order chi connectivity index (χ0) is 19.7. The van der Waals surface area contributed by atoms with E-state index < -0.39 is 10.0 Å². The molecule has 1 aliphatic rings. The molecule has 1 aromatic heterocycles. The van der Waals surface area contributed by atoms with Crippen LogP contribution in [-0.4, -0.2) is 36.0 Å². The van der Waals surface area contributed by atoms with Crippen molar-refractivity contribution in [3.63, 3.8) is 0 Å². The average Bonchev–Trinajstić information content (AvgIpc) is 3.19. The average molecular weight is 462 g/mol. The van der Waals surface area contributed by atoms with Gasteiger partial charge in [-0.3, -0.25) is 0 Å². The number of hydrogen-bond acceptors (Lipinski definition) is 5. The van der Waals surface area contributed by atoms with Crippen LogP contribution in [0.15, 0.2) is 62.4 Å². The van der Waals surface area contributed by atoms with Crippen molar-refractivity contribution in [2.24, 2.45) is 0 Å². The Morgan fingerprint density at radius 1 is 1.07 bits per heavy atom. The first-order valence-corrected chi connectivity index (χ1v) is 11.3. The number of aryl methyl sites for hydroxylation is 1. The number of hydrogen-bond donors (Lipinski definition) is 0. The van der Waals surface area contributed by atoms with Crippen LogP contribution >= 0.6 is 15.9 Å². The van der Waals surface area contributed by atoms with E-state index >= 15 is 0 Å². The number of rotatable bonds is 4. The topological polar surface area (TPSA) is 76.3 Å². The molecule has 6 nitrogen and oxygen atoms in total. The number of halogens is 1. The summed E-state index contributed by atoms with van der Waals surface area (Å²) in [5.74, 6) is 1.17. The lowest BCUT2D eigenvalue weighted by Gasteiger charge is -2.29. The van der Waals surface area contributed by atoms with Crippen molar-refractivity contribution in [3.8, 4) is 11.4 Å². The van der Waals surface area contributed by atoms with E-state index in [4.69, 9.17) is 4.52 Å². The number of benzene rings is 2. The van der Waals surface area contributed by atoms with Gasteiger partial charge in [0, 0.05) is 29.0 Å². The quantitative estimate of drug-likeness (QED) is 0.576. The third kappa shape index (κ3) is 3.76. The minimum atomic E-state index is -3.47. The molecule has 2 aromatic carbocycles. The van der Waals surface area contributed by atoms with Crippen LogP contribution in [0.2, 0.25) is 0 Å². The second-order valence-corrected chi connectivity index (χ2v) is 9.72. The molecule has 28 heavy (non-hydrogen) atoms. The normalized spacial score (nSPS) is 16.4. The van der Waals surface area contributed by atoms with E-state index in [9.17, 15) is 8.42 Å². The summed E-state index contributed by atoms with van der Waals surface area (Å²) < 4.78 is 33.6. The first kappa shape index (κ1) is 19.3. The minimum absolute atomic E-state index is 0.0632. The molecule has 0 aliphatic carbocycles. The Morgan fingerprint density at radius 3 is 2.43 bits per heavy atom. The second-order valence-electron chi connectivity index (χ2n) is 6.93. The number of nitrogens with zero attached hydrogens (tertiary/aromatic N) is 3. The van der Waals surface area contributed by atoms with Gasteiger partial charge in [-0.15, -0.1) is 0 Å². The van der Waals surface area contributed by atoms with E-state index in [1.807, 2.05) is 43.3 Å². The molecule has 0 N–H and O–H groups in total. The summed E-state index contributed by atoms with van der Waals surface area (Å²) in [6.45, 7) is 2.82. The van der Waals surface area contributed by atoms with E-state index in [1.54, 1.807) is 16.4 Å². The van der Waals surface area contributed by atoms with Gasteiger partial charge in [-0.05, 0) is 44.0 Å². The van der Waals surface area contributed by atoms with E-state index in [0.717, 1.165) is 15.6 Å². The number of piperidine rings is 1. The van der Waals surface area contributed by atoms with Gasteiger partial charge in [-0.25, -0.2) is 8.42 Å². The number of aromatic nitrogens is 2. The fourth-order valence-corrected chi connectivity index (χ4v) is 5.29. The highest BCUT2D eigenvalue weighted by Gasteiger charge is 2.32. The van der Waals surface area contributed by atoms with Gasteiger partial charge in [0.15, 0.2) is 0 Å². The lowest BCUT2D eigenvalue weighted by Crippen LogP contribution is -2.37. The van der Waals surface area contributed by atoms with E-state index in [1.165, 1.54) is 0 Å². The summed E-state index contributed by atoms with van der Waals surface area (Å²) in [5, 5.41) is 4.10. The Hall–Kier alpha value is -2.03. The van der Waals surface area contributed by atoms with Gasteiger partial charge in [0.2, 0.25) is 21.7 Å². The fraction of sp³-hybridized carbons (Fsp3) is 0.300. The molecular weight excluding hydrogens is 442 g/mol. The van der Waals surface area contributed by atoms with Crippen LogP contribution < -0.4 is 0 Å². The maximum Gasteiger partial charge on any atom is 0.243 e. The predicted octanol–water partition coefficient (Wildman–Crippen LogP) is 4.38. The van der Waals surface area contributed by atoms with Gasteiger partial charge in [0.1, 0.15) is 0 Å². The molecule has 1 fully saturated rings. The van der Waals surface area contributed by atoms with Gasteiger partial charge in [0.05, 0.1) is 4.90 Å². The SMILES string of the molecule is Cc1ccc(S(=O)(=O)N2CCC(c3nc(-c4ccccc4Br)no3)CC2)cc1. The van der Waals surface area contributed by atoms with Crippen LogP contribution in [-0.2, 0) is 10.0 Å². The van der Waals surface area contributed by atoms with Crippen molar-refractivity contribution >= 4 is 26.0 Å². The molecular formula is C20H20BrN3O3S. The van der Waals surface area contributed by atoms with Gasteiger partial charge in [-0.2, -0.15) is 9.29 Å². The van der Waals surface area contributed by atoms with Gasteiger partial charge in [0.25, 0.3) is 0 Å². The highest BCUT2D eigenvalue weighted by atomic mass is 79.9. The summed E-state index contributed by atoms with van der Waals surface area (Å²) in [4.78, 5) is 4.88. The maximum atomic E-state index is 12.8. The Bertz CT molecular complexity index is 1070.